The molecule has 2 aromatic carbocycles. The van der Waals surface area contributed by atoms with Gasteiger partial charge in [0.2, 0.25) is 0 Å². The highest BCUT2D eigenvalue weighted by atomic mass is 19.1. The van der Waals surface area contributed by atoms with E-state index in [-0.39, 0.29) is 16.9 Å². The van der Waals surface area contributed by atoms with Crippen LogP contribution < -0.4 is 10.6 Å². The molecule has 0 bridgehead atoms. The van der Waals surface area contributed by atoms with Gasteiger partial charge in [-0.15, -0.1) is 0 Å². The fourth-order valence-corrected chi connectivity index (χ4v) is 3.07. The van der Waals surface area contributed by atoms with Crippen molar-refractivity contribution in [2.45, 2.75) is 13.0 Å². The van der Waals surface area contributed by atoms with Gasteiger partial charge in [0.05, 0.1) is 5.69 Å². The van der Waals surface area contributed by atoms with E-state index < -0.39 is 17.5 Å². The predicted molar refractivity (Wildman–Crippen MR) is 93.3 cm³/mol. The molecule has 26 heavy (non-hydrogen) atoms. The number of fused-ring (bicyclic) bond motifs is 1. The van der Waals surface area contributed by atoms with Crippen LogP contribution >= 0.6 is 0 Å². The Bertz CT molecular complexity index is 970. The van der Waals surface area contributed by atoms with E-state index in [2.05, 4.69) is 15.7 Å². The molecule has 0 spiro atoms. The second-order valence-electron chi connectivity index (χ2n) is 6.06. The third-order valence-electron chi connectivity index (χ3n) is 4.42. The molecule has 0 saturated heterocycles. The highest BCUT2D eigenvalue weighted by molar-refractivity contribution is 6.04. The summed E-state index contributed by atoms with van der Waals surface area (Å²) >= 11 is 0. The third kappa shape index (κ3) is 2.97. The maximum Gasteiger partial charge on any atom is 0.255 e. The minimum absolute atomic E-state index is 0.104. The number of rotatable bonds is 3. The van der Waals surface area contributed by atoms with Crippen molar-refractivity contribution in [3.63, 3.8) is 0 Å². The van der Waals surface area contributed by atoms with Crippen LogP contribution in [-0.2, 0) is 13.0 Å². The number of anilines is 1. The zero-order valence-corrected chi connectivity index (χ0v) is 13.8. The van der Waals surface area contributed by atoms with Crippen LogP contribution in [0.25, 0.3) is 5.69 Å². The van der Waals surface area contributed by atoms with Crippen LogP contribution in [0.3, 0.4) is 0 Å². The van der Waals surface area contributed by atoms with Crippen LogP contribution in [0, 0.1) is 11.6 Å². The van der Waals surface area contributed by atoms with Crippen LogP contribution in [0.2, 0.25) is 0 Å². The Morgan fingerprint density at radius 2 is 2.12 bits per heavy atom. The van der Waals surface area contributed by atoms with E-state index in [4.69, 9.17) is 0 Å². The van der Waals surface area contributed by atoms with E-state index in [1.54, 1.807) is 18.3 Å². The molecule has 0 aliphatic carbocycles. The molecule has 7 heteroatoms. The van der Waals surface area contributed by atoms with Crippen molar-refractivity contribution in [2.75, 3.05) is 11.9 Å². The first-order chi connectivity index (χ1) is 12.6. The first kappa shape index (κ1) is 16.4. The van der Waals surface area contributed by atoms with E-state index in [9.17, 15) is 13.6 Å². The maximum atomic E-state index is 14.6. The topological polar surface area (TPSA) is 59.0 Å². The Labute approximate surface area is 148 Å². The molecular formula is C19H16F2N4O. The minimum Gasteiger partial charge on any atom is -0.319 e. The van der Waals surface area contributed by atoms with Crippen LogP contribution in [0.5, 0.6) is 0 Å². The number of nitrogens with zero attached hydrogens (tertiary/aromatic N) is 2. The third-order valence-corrected chi connectivity index (χ3v) is 4.42. The Balaban J connectivity index is 1.58. The molecule has 0 fully saturated rings. The van der Waals surface area contributed by atoms with E-state index in [1.165, 1.54) is 29.1 Å². The first-order valence-corrected chi connectivity index (χ1v) is 8.25. The summed E-state index contributed by atoms with van der Waals surface area (Å²) in [6.07, 6.45) is 3.71. The van der Waals surface area contributed by atoms with Gasteiger partial charge in [-0.25, -0.2) is 13.5 Å². The summed E-state index contributed by atoms with van der Waals surface area (Å²) in [4.78, 5) is 12.4. The molecule has 4 rings (SSSR count). The Hall–Kier alpha value is -3.06. The number of nitrogens with one attached hydrogen (secondary N) is 2. The summed E-state index contributed by atoms with van der Waals surface area (Å²) in [6.45, 7) is 1.31. The van der Waals surface area contributed by atoms with Crippen molar-refractivity contribution in [3.05, 3.63) is 77.1 Å². The van der Waals surface area contributed by atoms with E-state index in [1.807, 2.05) is 0 Å². The van der Waals surface area contributed by atoms with E-state index >= 15 is 0 Å². The van der Waals surface area contributed by atoms with Crippen molar-refractivity contribution >= 4 is 11.6 Å². The molecule has 0 radical (unpaired) electrons. The summed E-state index contributed by atoms with van der Waals surface area (Å²) in [6, 6.07) is 9.07. The lowest BCUT2D eigenvalue weighted by molar-refractivity contribution is 0.102. The summed E-state index contributed by atoms with van der Waals surface area (Å²) < 4.78 is 30.3. The monoisotopic (exact) mass is 354 g/mol. The molecule has 132 valence electrons. The van der Waals surface area contributed by atoms with Gasteiger partial charge in [0, 0.05) is 24.5 Å². The Morgan fingerprint density at radius 1 is 1.23 bits per heavy atom. The maximum absolute atomic E-state index is 14.6. The van der Waals surface area contributed by atoms with Crippen molar-refractivity contribution < 1.29 is 13.6 Å². The van der Waals surface area contributed by atoms with Crippen molar-refractivity contribution in [1.29, 1.82) is 0 Å². The molecule has 0 saturated carbocycles. The molecule has 5 nitrogen and oxygen atoms in total. The number of amides is 1. The van der Waals surface area contributed by atoms with Gasteiger partial charge in [0.1, 0.15) is 17.3 Å². The zero-order chi connectivity index (χ0) is 18.1. The van der Waals surface area contributed by atoms with Crippen LogP contribution in [0.4, 0.5) is 14.5 Å². The molecule has 3 aromatic rings. The van der Waals surface area contributed by atoms with Gasteiger partial charge in [-0.1, -0.05) is 6.07 Å². The van der Waals surface area contributed by atoms with Crippen molar-refractivity contribution in [3.8, 4) is 5.69 Å². The van der Waals surface area contributed by atoms with Crippen LogP contribution in [-0.4, -0.2) is 22.2 Å². The highest BCUT2D eigenvalue weighted by Gasteiger charge is 2.18. The van der Waals surface area contributed by atoms with Gasteiger partial charge in [-0.2, -0.15) is 5.10 Å². The molecule has 0 unspecified atom stereocenters. The van der Waals surface area contributed by atoms with Gasteiger partial charge < -0.3 is 10.6 Å². The first-order valence-electron chi connectivity index (χ1n) is 8.25. The Morgan fingerprint density at radius 3 is 2.88 bits per heavy atom. The quantitative estimate of drug-likeness (QED) is 0.760. The highest BCUT2D eigenvalue weighted by Crippen LogP contribution is 2.25. The summed E-state index contributed by atoms with van der Waals surface area (Å²) in [5.41, 5.74) is 1.95. The lowest BCUT2D eigenvalue weighted by atomic mass is 9.99. The molecule has 1 aliphatic rings. The zero-order valence-electron chi connectivity index (χ0n) is 13.8. The molecule has 1 amide bonds. The second kappa shape index (κ2) is 6.68. The molecule has 2 N–H and O–H groups in total. The standard InChI is InChI=1S/C19H16F2N4O/c20-15-10-12(3-5-17(15)25-9-1-7-23-25)19(26)24-16-4-2-13-11-22-8-6-14(13)18(16)21/h1-5,7,9-10,22H,6,8,11H2,(H,24,26). The molecule has 2 heterocycles. The summed E-state index contributed by atoms with van der Waals surface area (Å²) in [5, 5.41) is 9.67. The van der Waals surface area contributed by atoms with Gasteiger partial charge in [0.25, 0.3) is 5.91 Å². The molecule has 1 aromatic heterocycles. The van der Waals surface area contributed by atoms with Gasteiger partial charge in [-0.05, 0) is 54.4 Å². The lowest BCUT2D eigenvalue weighted by Crippen LogP contribution is -2.25. The summed E-state index contributed by atoms with van der Waals surface area (Å²) in [5.74, 6) is -1.58. The number of carbonyl (C=O) groups excluding carboxylic acids is 1. The van der Waals surface area contributed by atoms with Gasteiger partial charge >= 0.3 is 0 Å². The van der Waals surface area contributed by atoms with Crippen molar-refractivity contribution in [1.82, 2.24) is 15.1 Å². The SMILES string of the molecule is O=C(Nc1ccc2c(c1F)CCNC2)c1ccc(-n2cccn2)c(F)c1. The number of aromatic nitrogens is 2. The molecule has 0 atom stereocenters. The minimum atomic E-state index is -0.585. The average Bonchev–Trinajstić information content (AvgIpc) is 3.18. The predicted octanol–water partition coefficient (Wildman–Crippen LogP) is 3.05. The number of hydrogen-bond donors (Lipinski definition) is 2. The molecule has 1 aliphatic heterocycles. The smallest absolute Gasteiger partial charge is 0.255 e. The van der Waals surface area contributed by atoms with Crippen molar-refractivity contribution in [2.24, 2.45) is 0 Å². The Kier molecular flexibility index (Phi) is 4.22. The lowest BCUT2D eigenvalue weighted by Gasteiger charge is -2.19. The average molecular weight is 354 g/mol. The number of hydrogen-bond acceptors (Lipinski definition) is 3. The largest absolute Gasteiger partial charge is 0.319 e. The summed E-state index contributed by atoms with van der Waals surface area (Å²) in [7, 11) is 0. The van der Waals surface area contributed by atoms with E-state index in [0.29, 0.717) is 25.1 Å². The number of halogens is 2. The number of benzene rings is 2. The van der Waals surface area contributed by atoms with Gasteiger partial charge in [-0.3, -0.25) is 4.79 Å². The normalized spacial score (nSPS) is 13.3. The van der Waals surface area contributed by atoms with Gasteiger partial charge in [0.15, 0.2) is 0 Å². The fourth-order valence-electron chi connectivity index (χ4n) is 3.07. The molecular weight excluding hydrogens is 338 g/mol. The second-order valence-corrected chi connectivity index (χ2v) is 6.06. The van der Waals surface area contributed by atoms with E-state index in [0.717, 1.165) is 11.6 Å². The van der Waals surface area contributed by atoms with Crippen LogP contribution in [0.15, 0.2) is 48.8 Å². The van der Waals surface area contributed by atoms with Crippen LogP contribution in [0.1, 0.15) is 21.5 Å². The number of carbonyl (C=O) groups is 1. The fraction of sp³-hybridized carbons (Fsp3) is 0.158.